The number of ether oxygens (including phenoxy) is 1. The second-order valence-corrected chi connectivity index (χ2v) is 6.82. The normalized spacial score (nSPS) is 11.4. The van der Waals surface area contributed by atoms with Crippen LogP contribution in [0.2, 0.25) is 0 Å². The molecule has 0 bridgehead atoms. The summed E-state index contributed by atoms with van der Waals surface area (Å²) in [6.45, 7) is 0.0463. The average Bonchev–Trinajstić information content (AvgIpc) is 3.10. The van der Waals surface area contributed by atoms with Gasteiger partial charge in [0.25, 0.3) is 0 Å². The monoisotopic (exact) mass is 344 g/mol. The molecule has 3 rings (SSSR count). The molecule has 1 heterocycles. The highest BCUT2D eigenvalue weighted by molar-refractivity contribution is 7.89. The van der Waals surface area contributed by atoms with Gasteiger partial charge in [0.1, 0.15) is 5.75 Å². The highest BCUT2D eigenvalue weighted by Gasteiger charge is 2.15. The Morgan fingerprint density at radius 1 is 1.08 bits per heavy atom. The van der Waals surface area contributed by atoms with Gasteiger partial charge in [0, 0.05) is 11.6 Å². The van der Waals surface area contributed by atoms with E-state index in [9.17, 15) is 8.42 Å². The lowest BCUT2D eigenvalue weighted by atomic mass is 10.2. The molecule has 0 radical (unpaired) electrons. The van der Waals surface area contributed by atoms with Crippen LogP contribution in [0.3, 0.4) is 0 Å². The highest BCUT2D eigenvalue weighted by atomic mass is 32.2. The number of hydrogen-bond acceptors (Lipinski definition) is 5. The van der Waals surface area contributed by atoms with Crippen LogP contribution in [0.4, 0.5) is 0 Å². The third-order valence-electron chi connectivity index (χ3n) is 3.43. The van der Waals surface area contributed by atoms with E-state index in [0.717, 1.165) is 5.56 Å². The summed E-state index contributed by atoms with van der Waals surface area (Å²) >= 11 is 0. The molecule has 1 N–H and O–H groups in total. The molecule has 0 aliphatic rings. The number of rotatable bonds is 6. The Hall–Kier alpha value is -2.64. The predicted molar refractivity (Wildman–Crippen MR) is 89.0 cm³/mol. The van der Waals surface area contributed by atoms with E-state index in [4.69, 9.17) is 9.26 Å². The van der Waals surface area contributed by atoms with Crippen molar-refractivity contribution in [3.8, 4) is 17.1 Å². The largest absolute Gasteiger partial charge is 0.497 e. The topological polar surface area (TPSA) is 81.4 Å². The number of methoxy groups -OCH3 is 1. The minimum Gasteiger partial charge on any atom is -0.497 e. The van der Waals surface area contributed by atoms with Gasteiger partial charge in [-0.25, -0.2) is 13.1 Å². The first-order chi connectivity index (χ1) is 11.6. The van der Waals surface area contributed by atoms with Crippen LogP contribution >= 0.6 is 0 Å². The quantitative estimate of drug-likeness (QED) is 0.743. The first-order valence-electron chi connectivity index (χ1n) is 7.23. The van der Waals surface area contributed by atoms with Gasteiger partial charge in [-0.15, -0.1) is 0 Å². The first-order valence-corrected chi connectivity index (χ1v) is 8.71. The lowest BCUT2D eigenvalue weighted by Gasteiger charge is -2.06. The summed E-state index contributed by atoms with van der Waals surface area (Å²) in [5.41, 5.74) is 1.39. The molecule has 0 aliphatic carbocycles. The minimum atomic E-state index is -3.63. The third kappa shape index (κ3) is 3.64. The Balaban J connectivity index is 1.69. The van der Waals surface area contributed by atoms with Crippen LogP contribution in [0.1, 0.15) is 5.69 Å². The second kappa shape index (κ2) is 6.86. The van der Waals surface area contributed by atoms with Crippen molar-refractivity contribution < 1.29 is 17.7 Å². The maximum Gasteiger partial charge on any atom is 0.240 e. The first kappa shape index (κ1) is 16.2. The van der Waals surface area contributed by atoms with E-state index in [-0.39, 0.29) is 11.4 Å². The number of nitrogens with zero attached hydrogens (tertiary/aromatic N) is 1. The lowest BCUT2D eigenvalue weighted by Crippen LogP contribution is -2.23. The lowest BCUT2D eigenvalue weighted by molar-refractivity contribution is 0.414. The number of benzene rings is 2. The molecule has 124 valence electrons. The average molecular weight is 344 g/mol. The molecule has 2 aromatic carbocycles. The smallest absolute Gasteiger partial charge is 0.240 e. The van der Waals surface area contributed by atoms with E-state index in [0.29, 0.717) is 17.2 Å². The standard InChI is InChI=1S/C17H16N2O4S/c1-22-15-7-9-16(10-8-15)24(20,21)18-12-14-11-17(23-19-14)13-5-3-2-4-6-13/h2-11,18H,12H2,1H3. The molecule has 0 saturated heterocycles. The number of nitrogens with one attached hydrogen (secondary N) is 1. The fraction of sp³-hybridized carbons (Fsp3) is 0.118. The van der Waals surface area contributed by atoms with Gasteiger partial charge >= 0.3 is 0 Å². The molecule has 0 unspecified atom stereocenters. The summed E-state index contributed by atoms with van der Waals surface area (Å²) in [5, 5.41) is 3.89. The second-order valence-electron chi connectivity index (χ2n) is 5.05. The van der Waals surface area contributed by atoms with E-state index in [2.05, 4.69) is 9.88 Å². The van der Waals surface area contributed by atoms with Gasteiger partial charge in [0.05, 0.1) is 24.2 Å². The summed E-state index contributed by atoms with van der Waals surface area (Å²) in [5.74, 6) is 1.19. The zero-order valence-electron chi connectivity index (χ0n) is 13.0. The number of hydrogen-bond donors (Lipinski definition) is 1. The van der Waals surface area contributed by atoms with Gasteiger partial charge in [-0.2, -0.15) is 0 Å². The maximum absolute atomic E-state index is 12.3. The molecule has 1 aromatic heterocycles. The molecule has 6 nitrogen and oxygen atoms in total. The Bertz CT molecular complexity index is 903. The Morgan fingerprint density at radius 3 is 2.46 bits per heavy atom. The number of sulfonamides is 1. The molecule has 0 atom stereocenters. The van der Waals surface area contributed by atoms with Crippen LogP contribution < -0.4 is 9.46 Å². The molecule has 0 aliphatic heterocycles. The van der Waals surface area contributed by atoms with Crippen LogP contribution in [-0.4, -0.2) is 20.7 Å². The summed E-state index contributed by atoms with van der Waals surface area (Å²) in [6.07, 6.45) is 0. The summed E-state index contributed by atoms with van der Waals surface area (Å²) in [7, 11) is -2.10. The van der Waals surface area contributed by atoms with E-state index in [1.165, 1.54) is 19.2 Å². The van der Waals surface area contributed by atoms with Crippen molar-refractivity contribution in [1.82, 2.24) is 9.88 Å². The van der Waals surface area contributed by atoms with Crippen molar-refractivity contribution in [2.24, 2.45) is 0 Å². The van der Waals surface area contributed by atoms with Crippen LogP contribution in [-0.2, 0) is 16.6 Å². The SMILES string of the molecule is COc1ccc(S(=O)(=O)NCc2cc(-c3ccccc3)on2)cc1. The molecule has 3 aromatic rings. The van der Waals surface area contributed by atoms with Gasteiger partial charge in [-0.1, -0.05) is 35.5 Å². The van der Waals surface area contributed by atoms with Crippen LogP contribution in [0.15, 0.2) is 70.1 Å². The van der Waals surface area contributed by atoms with Crippen molar-refractivity contribution in [2.75, 3.05) is 7.11 Å². The summed E-state index contributed by atoms with van der Waals surface area (Å²) < 4.78 is 37.3. The van der Waals surface area contributed by atoms with E-state index < -0.39 is 10.0 Å². The van der Waals surface area contributed by atoms with Gasteiger partial charge in [-0.3, -0.25) is 0 Å². The van der Waals surface area contributed by atoms with Crippen molar-refractivity contribution in [3.05, 3.63) is 66.4 Å². The summed E-state index contributed by atoms with van der Waals surface area (Å²) in [6, 6.07) is 17.4. The van der Waals surface area contributed by atoms with Crippen LogP contribution in [0, 0.1) is 0 Å². The molecule has 7 heteroatoms. The Kier molecular flexibility index (Phi) is 4.64. The molecule has 24 heavy (non-hydrogen) atoms. The third-order valence-corrected chi connectivity index (χ3v) is 4.85. The van der Waals surface area contributed by atoms with Crippen LogP contribution in [0.5, 0.6) is 5.75 Å². The zero-order valence-corrected chi connectivity index (χ0v) is 13.8. The Morgan fingerprint density at radius 2 is 1.79 bits per heavy atom. The van der Waals surface area contributed by atoms with Crippen molar-refractivity contribution in [1.29, 1.82) is 0 Å². The number of aromatic nitrogens is 1. The van der Waals surface area contributed by atoms with E-state index >= 15 is 0 Å². The van der Waals surface area contributed by atoms with E-state index in [1.807, 2.05) is 30.3 Å². The maximum atomic E-state index is 12.3. The van der Waals surface area contributed by atoms with Gasteiger partial charge < -0.3 is 9.26 Å². The molecule has 0 amide bonds. The fourth-order valence-corrected chi connectivity index (χ4v) is 3.14. The van der Waals surface area contributed by atoms with Crippen molar-refractivity contribution in [3.63, 3.8) is 0 Å². The molecule has 0 fully saturated rings. The Labute approximate surface area is 140 Å². The molecular weight excluding hydrogens is 328 g/mol. The molecule has 0 spiro atoms. The highest BCUT2D eigenvalue weighted by Crippen LogP contribution is 2.20. The molecule has 0 saturated carbocycles. The van der Waals surface area contributed by atoms with Gasteiger partial charge in [0.2, 0.25) is 10.0 Å². The predicted octanol–water partition coefficient (Wildman–Crippen LogP) is 2.83. The van der Waals surface area contributed by atoms with Gasteiger partial charge in [-0.05, 0) is 24.3 Å². The fourth-order valence-electron chi connectivity index (χ4n) is 2.14. The van der Waals surface area contributed by atoms with Crippen LogP contribution in [0.25, 0.3) is 11.3 Å². The minimum absolute atomic E-state index is 0.0463. The zero-order chi connectivity index (χ0) is 17.0. The van der Waals surface area contributed by atoms with E-state index in [1.54, 1.807) is 18.2 Å². The van der Waals surface area contributed by atoms with Crippen molar-refractivity contribution in [2.45, 2.75) is 11.4 Å². The van der Waals surface area contributed by atoms with Crippen molar-refractivity contribution >= 4 is 10.0 Å². The van der Waals surface area contributed by atoms with Gasteiger partial charge in [0.15, 0.2) is 5.76 Å². The summed E-state index contributed by atoms with van der Waals surface area (Å²) in [4.78, 5) is 0.162. The molecular formula is C17H16N2O4S.